The van der Waals surface area contributed by atoms with Gasteiger partial charge in [0.25, 0.3) is 10.1 Å². The molecule has 0 aliphatic carbocycles. The molecular formula is C12H10O4S. The van der Waals surface area contributed by atoms with Crippen LogP contribution < -0.4 is 4.74 Å². The average Bonchev–Trinajstić information content (AvgIpc) is 2.27. The highest BCUT2D eigenvalue weighted by Gasteiger charge is 2.10. The van der Waals surface area contributed by atoms with Crippen LogP contribution in [0, 0.1) is 12.1 Å². The van der Waals surface area contributed by atoms with Gasteiger partial charge in [0, 0.05) is 6.07 Å². The fraction of sp³-hybridized carbons (Fsp3) is 0.167. The normalized spacial score (nSPS) is 11.6. The molecule has 0 fully saturated rings. The molecule has 2 aromatic rings. The first-order valence-corrected chi connectivity index (χ1v) is 6.43. The number of rotatable bonds is 3. The Bertz CT molecular complexity index is 647. The molecule has 0 aliphatic heterocycles. The van der Waals surface area contributed by atoms with E-state index >= 15 is 0 Å². The van der Waals surface area contributed by atoms with Crippen LogP contribution in [0.3, 0.4) is 0 Å². The van der Waals surface area contributed by atoms with E-state index in [1.807, 2.05) is 6.92 Å². The molecule has 2 radical (unpaired) electrons. The van der Waals surface area contributed by atoms with E-state index in [9.17, 15) is 8.42 Å². The van der Waals surface area contributed by atoms with E-state index in [1.54, 1.807) is 12.1 Å². The molecule has 2 rings (SSSR count). The maximum Gasteiger partial charge on any atom is 0.294 e. The van der Waals surface area contributed by atoms with Gasteiger partial charge in [-0.3, -0.25) is 4.55 Å². The van der Waals surface area contributed by atoms with Gasteiger partial charge in [-0.05, 0) is 42.0 Å². The van der Waals surface area contributed by atoms with Gasteiger partial charge >= 0.3 is 0 Å². The maximum atomic E-state index is 11.0. The summed E-state index contributed by atoms with van der Waals surface area (Å²) >= 11 is 0. The monoisotopic (exact) mass is 250 g/mol. The van der Waals surface area contributed by atoms with E-state index in [0.29, 0.717) is 23.1 Å². The molecule has 17 heavy (non-hydrogen) atoms. The summed E-state index contributed by atoms with van der Waals surface area (Å²) < 4.78 is 36.1. The van der Waals surface area contributed by atoms with Crippen molar-refractivity contribution >= 4 is 20.9 Å². The molecule has 0 spiro atoms. The van der Waals surface area contributed by atoms with Crippen LogP contribution in [-0.2, 0) is 10.1 Å². The summed E-state index contributed by atoms with van der Waals surface area (Å²) in [5.74, 6) is 0.555. The summed E-state index contributed by atoms with van der Waals surface area (Å²) in [6.07, 6.45) is 0. The van der Waals surface area contributed by atoms with Crippen LogP contribution in [0.1, 0.15) is 6.92 Å². The highest BCUT2D eigenvalue weighted by molar-refractivity contribution is 7.85. The molecule has 0 saturated heterocycles. The van der Waals surface area contributed by atoms with Gasteiger partial charge in [0.15, 0.2) is 0 Å². The van der Waals surface area contributed by atoms with Gasteiger partial charge in [-0.2, -0.15) is 8.42 Å². The van der Waals surface area contributed by atoms with Crippen LogP contribution in [0.2, 0.25) is 0 Å². The van der Waals surface area contributed by atoms with Gasteiger partial charge in [-0.1, -0.05) is 6.07 Å². The Hall–Kier alpha value is -1.59. The third-order valence-electron chi connectivity index (χ3n) is 2.21. The van der Waals surface area contributed by atoms with Crippen molar-refractivity contribution in [3.05, 3.63) is 36.4 Å². The minimum atomic E-state index is -4.18. The zero-order valence-corrected chi connectivity index (χ0v) is 9.91. The van der Waals surface area contributed by atoms with Gasteiger partial charge in [0.2, 0.25) is 0 Å². The van der Waals surface area contributed by atoms with Crippen molar-refractivity contribution in [3.8, 4) is 5.75 Å². The molecule has 4 nitrogen and oxygen atoms in total. The second kappa shape index (κ2) is 4.35. The number of hydrogen-bond donors (Lipinski definition) is 1. The minimum absolute atomic E-state index is 0.154. The molecule has 0 aromatic heterocycles. The number of fused-ring (bicyclic) bond motifs is 1. The smallest absolute Gasteiger partial charge is 0.294 e. The molecule has 0 saturated carbocycles. The first-order valence-electron chi connectivity index (χ1n) is 4.99. The quantitative estimate of drug-likeness (QED) is 0.847. The fourth-order valence-electron chi connectivity index (χ4n) is 1.46. The Labute approximate surface area is 99.6 Å². The maximum absolute atomic E-state index is 11.0. The third kappa shape index (κ3) is 2.57. The lowest BCUT2D eigenvalue weighted by Gasteiger charge is -2.04. The zero-order valence-electron chi connectivity index (χ0n) is 9.10. The molecule has 0 atom stereocenters. The topological polar surface area (TPSA) is 63.6 Å². The summed E-state index contributed by atoms with van der Waals surface area (Å²) in [5, 5.41) is 1.24. The molecule has 0 aliphatic rings. The van der Waals surface area contributed by atoms with Gasteiger partial charge in [0.1, 0.15) is 5.75 Å². The highest BCUT2D eigenvalue weighted by Crippen LogP contribution is 2.22. The van der Waals surface area contributed by atoms with Crippen molar-refractivity contribution in [1.29, 1.82) is 0 Å². The van der Waals surface area contributed by atoms with Gasteiger partial charge in [-0.15, -0.1) is 0 Å². The van der Waals surface area contributed by atoms with Crippen molar-refractivity contribution < 1.29 is 17.7 Å². The molecule has 2 aromatic carbocycles. The predicted molar refractivity (Wildman–Crippen MR) is 62.6 cm³/mol. The molecule has 1 N–H and O–H groups in total. The van der Waals surface area contributed by atoms with Crippen molar-refractivity contribution in [2.75, 3.05) is 6.61 Å². The van der Waals surface area contributed by atoms with Crippen molar-refractivity contribution in [1.82, 2.24) is 0 Å². The Morgan fingerprint density at radius 2 is 2.12 bits per heavy atom. The summed E-state index contributed by atoms with van der Waals surface area (Å²) in [6.45, 7) is 2.39. The lowest BCUT2D eigenvalue weighted by molar-refractivity contribution is 0.340. The van der Waals surface area contributed by atoms with E-state index in [2.05, 4.69) is 12.1 Å². The van der Waals surface area contributed by atoms with Crippen molar-refractivity contribution in [2.45, 2.75) is 11.8 Å². The van der Waals surface area contributed by atoms with Crippen molar-refractivity contribution in [3.63, 3.8) is 0 Å². The van der Waals surface area contributed by atoms with E-state index < -0.39 is 10.1 Å². The number of benzene rings is 2. The average molecular weight is 250 g/mol. The highest BCUT2D eigenvalue weighted by atomic mass is 32.2. The SMILES string of the molecule is CCOc1[c]c2ccc(S(=O)(=O)O)cc2[c]c1. The molecule has 0 heterocycles. The molecule has 0 bridgehead atoms. The van der Waals surface area contributed by atoms with Crippen molar-refractivity contribution in [2.24, 2.45) is 0 Å². The van der Waals surface area contributed by atoms with Crippen LogP contribution in [0.15, 0.2) is 29.2 Å². The minimum Gasteiger partial charge on any atom is -0.493 e. The number of ether oxygens (including phenoxy) is 1. The van der Waals surface area contributed by atoms with E-state index in [-0.39, 0.29) is 4.90 Å². The third-order valence-corrected chi connectivity index (χ3v) is 3.06. The lowest BCUT2D eigenvalue weighted by Crippen LogP contribution is -1.97. The molecule has 5 heteroatoms. The predicted octanol–water partition coefficient (Wildman–Crippen LogP) is 2.09. The summed E-state index contributed by atoms with van der Waals surface area (Å²) in [5.41, 5.74) is 0. The second-order valence-corrected chi connectivity index (χ2v) is 4.81. The first kappa shape index (κ1) is 11.9. The first-order chi connectivity index (χ1) is 8.00. The molecule has 0 unspecified atom stereocenters. The molecular weight excluding hydrogens is 240 g/mol. The van der Waals surface area contributed by atoms with E-state index in [4.69, 9.17) is 9.29 Å². The Kier molecular flexibility index (Phi) is 3.04. The fourth-order valence-corrected chi connectivity index (χ4v) is 1.96. The Morgan fingerprint density at radius 1 is 1.35 bits per heavy atom. The van der Waals surface area contributed by atoms with Crippen LogP contribution in [0.25, 0.3) is 10.8 Å². The van der Waals surface area contributed by atoms with Gasteiger partial charge in [0.05, 0.1) is 11.5 Å². The van der Waals surface area contributed by atoms with E-state index in [1.165, 1.54) is 12.1 Å². The largest absolute Gasteiger partial charge is 0.493 e. The molecule has 88 valence electrons. The standard InChI is InChI=1S/C12H10O4S/c1-2-16-11-5-3-10-8-12(17(13,14)15)6-4-9(10)7-11/h4-6,8H,2H2,1H3,(H,13,14,15). The van der Waals surface area contributed by atoms with E-state index in [0.717, 1.165) is 0 Å². The summed E-state index contributed by atoms with van der Waals surface area (Å²) in [7, 11) is -4.18. The Morgan fingerprint density at radius 3 is 2.76 bits per heavy atom. The summed E-state index contributed by atoms with van der Waals surface area (Å²) in [6, 6.07) is 11.7. The van der Waals surface area contributed by atoms with Crippen LogP contribution in [0.4, 0.5) is 0 Å². The second-order valence-electron chi connectivity index (χ2n) is 3.39. The number of hydrogen-bond acceptors (Lipinski definition) is 3. The van der Waals surface area contributed by atoms with Crippen LogP contribution in [0.5, 0.6) is 5.75 Å². The van der Waals surface area contributed by atoms with Crippen LogP contribution >= 0.6 is 0 Å². The van der Waals surface area contributed by atoms with Crippen LogP contribution in [-0.4, -0.2) is 19.6 Å². The Balaban J connectivity index is 2.54. The zero-order chi connectivity index (χ0) is 12.5. The molecule has 0 amide bonds. The lowest BCUT2D eigenvalue weighted by atomic mass is 10.1. The summed E-state index contributed by atoms with van der Waals surface area (Å²) in [4.78, 5) is -0.154. The van der Waals surface area contributed by atoms with Gasteiger partial charge in [-0.25, -0.2) is 0 Å². The van der Waals surface area contributed by atoms with Gasteiger partial charge < -0.3 is 4.74 Å².